The molecule has 1 aliphatic rings. The molecule has 0 saturated carbocycles. The molecule has 0 saturated heterocycles. The van der Waals surface area contributed by atoms with Gasteiger partial charge in [-0.15, -0.1) is 6.58 Å². The Balaban J connectivity index is 2.46. The molecular weight excluding hydrogens is 310 g/mol. The van der Waals surface area contributed by atoms with Crippen LogP contribution in [-0.2, 0) is 0 Å². The minimum atomic E-state index is -0.394. The van der Waals surface area contributed by atoms with Crippen LogP contribution < -0.4 is 10.5 Å². The molecule has 2 rings (SSSR count). The number of ether oxygens (including phenoxy) is 1. The van der Waals surface area contributed by atoms with Gasteiger partial charge in [-0.2, -0.15) is 4.99 Å². The van der Waals surface area contributed by atoms with Gasteiger partial charge in [-0.3, -0.25) is 0 Å². The predicted octanol–water partition coefficient (Wildman–Crippen LogP) is 2.48. The Morgan fingerprint density at radius 1 is 1.63 bits per heavy atom. The fourth-order valence-electron chi connectivity index (χ4n) is 2.01. The first-order valence-corrected chi connectivity index (χ1v) is 6.46. The smallest absolute Gasteiger partial charge is 0.346 e. The summed E-state index contributed by atoms with van der Waals surface area (Å²) >= 11 is 3.47. The highest BCUT2D eigenvalue weighted by atomic mass is 79.9. The molecule has 1 aromatic rings. The zero-order valence-corrected chi connectivity index (χ0v) is 12.1. The molecule has 0 aliphatic carbocycles. The molecule has 1 unspecified atom stereocenters. The Morgan fingerprint density at radius 3 is 3.00 bits per heavy atom. The second-order valence-electron chi connectivity index (χ2n) is 4.05. The zero-order valence-electron chi connectivity index (χ0n) is 10.5. The molecule has 1 heterocycles. The van der Waals surface area contributed by atoms with Gasteiger partial charge in [0.1, 0.15) is 17.6 Å². The highest BCUT2D eigenvalue weighted by Gasteiger charge is 2.35. The first-order valence-electron chi connectivity index (χ1n) is 5.67. The van der Waals surface area contributed by atoms with Crippen molar-refractivity contribution < 1.29 is 9.53 Å². The third kappa shape index (κ3) is 2.49. The maximum absolute atomic E-state index is 11.8. The van der Waals surface area contributed by atoms with E-state index in [0.29, 0.717) is 12.3 Å². The van der Waals surface area contributed by atoms with Gasteiger partial charge in [0.2, 0.25) is 0 Å². The van der Waals surface area contributed by atoms with Crippen LogP contribution in [0.5, 0.6) is 5.75 Å². The van der Waals surface area contributed by atoms with Crippen LogP contribution in [-0.4, -0.2) is 30.4 Å². The van der Waals surface area contributed by atoms with Crippen molar-refractivity contribution in [3.63, 3.8) is 0 Å². The number of amidine groups is 1. The average Bonchev–Trinajstić information content (AvgIpc) is 2.66. The predicted molar refractivity (Wildman–Crippen MR) is 77.4 cm³/mol. The maximum atomic E-state index is 11.8. The van der Waals surface area contributed by atoms with E-state index in [0.717, 1.165) is 10.0 Å². The van der Waals surface area contributed by atoms with Gasteiger partial charge in [0.05, 0.1) is 7.11 Å². The number of methoxy groups -OCH3 is 1. The quantitative estimate of drug-likeness (QED) is 0.865. The van der Waals surface area contributed by atoms with E-state index in [1.54, 1.807) is 18.1 Å². The van der Waals surface area contributed by atoms with E-state index in [-0.39, 0.29) is 11.9 Å². The number of halogens is 1. The van der Waals surface area contributed by atoms with E-state index in [1.165, 1.54) is 0 Å². The van der Waals surface area contributed by atoms with Crippen LogP contribution in [0.1, 0.15) is 11.6 Å². The van der Waals surface area contributed by atoms with Crippen molar-refractivity contribution in [2.45, 2.75) is 6.04 Å². The van der Waals surface area contributed by atoms with E-state index in [2.05, 4.69) is 27.5 Å². The van der Waals surface area contributed by atoms with Gasteiger partial charge in [0, 0.05) is 16.6 Å². The number of aliphatic imine (C=N–C) groups is 1. The number of hydrogen-bond acceptors (Lipinski definition) is 3. The summed E-state index contributed by atoms with van der Waals surface area (Å²) in [5.74, 6) is 0.977. The monoisotopic (exact) mass is 323 g/mol. The number of carbonyl (C=O) groups is 1. The molecular formula is C13H14BrN3O2. The van der Waals surface area contributed by atoms with Crippen LogP contribution in [0.15, 0.2) is 40.3 Å². The van der Waals surface area contributed by atoms with Crippen LogP contribution in [0.4, 0.5) is 4.79 Å². The summed E-state index contributed by atoms with van der Waals surface area (Å²) in [7, 11) is 1.59. The van der Waals surface area contributed by atoms with Crippen LogP contribution in [0.3, 0.4) is 0 Å². The van der Waals surface area contributed by atoms with Crippen molar-refractivity contribution >= 4 is 27.8 Å². The molecule has 1 atom stereocenters. The van der Waals surface area contributed by atoms with Crippen molar-refractivity contribution in [3.05, 3.63) is 40.9 Å². The van der Waals surface area contributed by atoms with Crippen molar-refractivity contribution in [2.24, 2.45) is 10.7 Å². The number of hydrogen-bond donors (Lipinski definition) is 1. The Hall–Kier alpha value is -1.82. The van der Waals surface area contributed by atoms with Crippen molar-refractivity contribution in [3.8, 4) is 5.75 Å². The minimum Gasteiger partial charge on any atom is -0.497 e. The van der Waals surface area contributed by atoms with Crippen molar-refractivity contribution in [1.82, 2.24) is 4.90 Å². The van der Waals surface area contributed by atoms with Crippen molar-refractivity contribution in [2.75, 3.05) is 13.7 Å². The molecule has 0 radical (unpaired) electrons. The number of carbonyl (C=O) groups excluding carboxylic acids is 1. The topological polar surface area (TPSA) is 67.9 Å². The number of urea groups is 1. The second kappa shape index (κ2) is 5.44. The average molecular weight is 324 g/mol. The number of rotatable bonds is 4. The first kappa shape index (κ1) is 13.6. The molecule has 0 aromatic heterocycles. The van der Waals surface area contributed by atoms with Crippen LogP contribution in [0.2, 0.25) is 0 Å². The third-order valence-corrected chi connectivity index (χ3v) is 3.61. The molecule has 19 heavy (non-hydrogen) atoms. The lowest BCUT2D eigenvalue weighted by Gasteiger charge is -2.24. The Morgan fingerprint density at radius 2 is 2.37 bits per heavy atom. The fraction of sp³-hybridized carbons (Fsp3) is 0.231. The van der Waals surface area contributed by atoms with E-state index in [4.69, 9.17) is 10.5 Å². The zero-order chi connectivity index (χ0) is 14.0. The van der Waals surface area contributed by atoms with Gasteiger partial charge in [-0.05, 0) is 18.2 Å². The normalized spacial score (nSPS) is 18.4. The summed E-state index contributed by atoms with van der Waals surface area (Å²) in [6, 6.07) is 4.78. The SMILES string of the molecule is C=CCN1C(=O)N=C(N)C1c1cc(OC)ccc1Br. The summed E-state index contributed by atoms with van der Waals surface area (Å²) in [4.78, 5) is 17.2. The summed E-state index contributed by atoms with van der Waals surface area (Å²) in [6.45, 7) is 4.03. The molecule has 0 bridgehead atoms. The van der Waals surface area contributed by atoms with E-state index >= 15 is 0 Å². The summed E-state index contributed by atoms with van der Waals surface area (Å²) < 4.78 is 6.05. The maximum Gasteiger partial charge on any atom is 0.346 e. The molecule has 2 amide bonds. The van der Waals surface area contributed by atoms with E-state index < -0.39 is 6.04 Å². The van der Waals surface area contributed by atoms with Gasteiger partial charge in [-0.25, -0.2) is 4.79 Å². The number of nitrogens with zero attached hydrogens (tertiary/aromatic N) is 2. The summed E-state index contributed by atoms with van der Waals surface area (Å²) in [5, 5.41) is 0. The Kier molecular flexibility index (Phi) is 3.90. The Bertz CT molecular complexity index is 557. The third-order valence-electron chi connectivity index (χ3n) is 2.89. The first-order chi connectivity index (χ1) is 9.08. The molecule has 2 N–H and O–H groups in total. The van der Waals surface area contributed by atoms with Crippen LogP contribution in [0, 0.1) is 0 Å². The van der Waals surface area contributed by atoms with Gasteiger partial charge < -0.3 is 15.4 Å². The van der Waals surface area contributed by atoms with Crippen LogP contribution in [0.25, 0.3) is 0 Å². The molecule has 1 aliphatic heterocycles. The molecule has 100 valence electrons. The lowest BCUT2D eigenvalue weighted by molar-refractivity contribution is 0.212. The summed E-state index contributed by atoms with van der Waals surface area (Å²) in [6.07, 6.45) is 1.65. The number of amides is 2. The fourth-order valence-corrected chi connectivity index (χ4v) is 2.48. The lowest BCUT2D eigenvalue weighted by atomic mass is 10.0. The van der Waals surface area contributed by atoms with E-state index in [9.17, 15) is 4.79 Å². The standard InChI is InChI=1S/C13H14BrN3O2/c1-3-6-17-11(12(15)16-13(17)18)9-7-8(19-2)4-5-10(9)14/h3-5,7,11H,1,6H2,2H3,(H2,15,16,18). The van der Waals surface area contributed by atoms with Gasteiger partial charge in [-0.1, -0.05) is 22.0 Å². The molecule has 0 fully saturated rings. The number of nitrogens with two attached hydrogens (primary N) is 1. The highest BCUT2D eigenvalue weighted by Crippen LogP contribution is 2.34. The van der Waals surface area contributed by atoms with Crippen LogP contribution >= 0.6 is 15.9 Å². The van der Waals surface area contributed by atoms with Gasteiger partial charge >= 0.3 is 6.03 Å². The summed E-state index contributed by atoms with van der Waals surface area (Å²) in [5.41, 5.74) is 6.72. The lowest BCUT2D eigenvalue weighted by Crippen LogP contribution is -2.33. The highest BCUT2D eigenvalue weighted by molar-refractivity contribution is 9.10. The minimum absolute atomic E-state index is 0.279. The van der Waals surface area contributed by atoms with E-state index in [1.807, 2.05) is 18.2 Å². The molecule has 5 nitrogen and oxygen atoms in total. The van der Waals surface area contributed by atoms with Crippen molar-refractivity contribution in [1.29, 1.82) is 0 Å². The molecule has 0 spiro atoms. The van der Waals surface area contributed by atoms with Gasteiger partial charge in [0.15, 0.2) is 0 Å². The largest absolute Gasteiger partial charge is 0.497 e. The van der Waals surface area contributed by atoms with Gasteiger partial charge in [0.25, 0.3) is 0 Å². The second-order valence-corrected chi connectivity index (χ2v) is 4.90. The molecule has 6 heteroatoms. The Labute approximate surface area is 119 Å². The number of benzene rings is 1. The molecule has 1 aromatic carbocycles.